The summed E-state index contributed by atoms with van der Waals surface area (Å²) in [5.41, 5.74) is 1.73. The molecule has 2 aromatic carbocycles. The Morgan fingerprint density at radius 2 is 2.03 bits per heavy atom. The van der Waals surface area contributed by atoms with E-state index in [-0.39, 0.29) is 29.8 Å². The Kier molecular flexibility index (Phi) is 4.88. The predicted octanol–water partition coefficient (Wildman–Crippen LogP) is 4.24. The minimum atomic E-state index is -0.930. The second-order valence-corrected chi connectivity index (χ2v) is 13.2. The molecule has 3 heterocycles. The molecule has 6 nitrogen and oxygen atoms in total. The van der Waals surface area contributed by atoms with Gasteiger partial charge in [-0.25, -0.2) is 0 Å². The van der Waals surface area contributed by atoms with Crippen molar-refractivity contribution in [2.45, 2.75) is 74.1 Å². The fourth-order valence-electron chi connectivity index (χ4n) is 8.49. The lowest BCUT2D eigenvalue weighted by Crippen LogP contribution is -2.78. The molecule has 2 saturated carbocycles. The molecule has 1 aromatic heterocycles. The van der Waals surface area contributed by atoms with Gasteiger partial charge in [0, 0.05) is 29.9 Å². The minimum absolute atomic E-state index is 0.0464. The molecule has 8 rings (SSSR count). The van der Waals surface area contributed by atoms with E-state index in [1.54, 1.807) is 17.4 Å². The Bertz CT molecular complexity index is 1470. The van der Waals surface area contributed by atoms with Crippen LogP contribution in [0.25, 0.3) is 10.1 Å². The molecular weight excluding hydrogens is 496 g/mol. The molecule has 1 spiro atoms. The summed E-state index contributed by atoms with van der Waals surface area (Å²) in [6.45, 7) is 1.98. The van der Waals surface area contributed by atoms with Gasteiger partial charge in [-0.05, 0) is 85.0 Å². The van der Waals surface area contributed by atoms with E-state index in [1.807, 2.05) is 30.1 Å². The molecule has 2 bridgehead atoms. The van der Waals surface area contributed by atoms with Crippen LogP contribution in [0.1, 0.15) is 48.8 Å². The predicted molar refractivity (Wildman–Crippen MR) is 147 cm³/mol. The van der Waals surface area contributed by atoms with Gasteiger partial charge in [0.15, 0.2) is 11.5 Å². The average Bonchev–Trinajstić information content (AvgIpc) is 3.53. The fraction of sp³-hybridized carbons (Fsp3) is 0.516. The molecule has 1 saturated heterocycles. The number of aliphatic hydroxyl groups is 1. The molecule has 2 aliphatic heterocycles. The number of rotatable bonds is 5. The highest BCUT2D eigenvalue weighted by atomic mass is 32.1. The summed E-state index contributed by atoms with van der Waals surface area (Å²) in [6, 6.07) is 11.9. The van der Waals surface area contributed by atoms with E-state index in [1.165, 1.54) is 23.1 Å². The summed E-state index contributed by atoms with van der Waals surface area (Å²) in [4.78, 5) is 18.2. The molecule has 198 valence electrons. The van der Waals surface area contributed by atoms with E-state index in [0.29, 0.717) is 25.0 Å². The molecule has 3 aromatic rings. The van der Waals surface area contributed by atoms with Crippen LogP contribution in [0.2, 0.25) is 0 Å². The topological polar surface area (TPSA) is 73.2 Å². The number of fused-ring (bicyclic) bond motifs is 1. The number of carbonyl (C=O) groups is 1. The lowest BCUT2D eigenvalue weighted by Gasteiger charge is -2.64. The number of phenolic OH excluding ortho intramolecular Hbond substituents is 1. The summed E-state index contributed by atoms with van der Waals surface area (Å²) < 4.78 is 7.87. The molecule has 2 N–H and O–H groups in total. The number of benzene rings is 2. The Morgan fingerprint density at radius 3 is 2.87 bits per heavy atom. The van der Waals surface area contributed by atoms with Crippen molar-refractivity contribution in [2.24, 2.45) is 5.92 Å². The average molecular weight is 531 g/mol. The Morgan fingerprint density at radius 1 is 1.18 bits per heavy atom. The number of ether oxygens (including phenoxy) is 1. The molecule has 5 aliphatic rings. The summed E-state index contributed by atoms with van der Waals surface area (Å²) >= 11 is 1.68. The largest absolute Gasteiger partial charge is 0.504 e. The lowest BCUT2D eigenvalue weighted by atomic mass is 9.48. The van der Waals surface area contributed by atoms with Gasteiger partial charge in [0.1, 0.15) is 6.10 Å². The first-order valence-corrected chi connectivity index (χ1v) is 15.0. The quantitative estimate of drug-likeness (QED) is 0.516. The number of piperidine rings is 1. The van der Waals surface area contributed by atoms with E-state index in [0.717, 1.165) is 48.4 Å². The smallest absolute Gasteiger partial charge is 0.227 e. The first-order valence-electron chi connectivity index (χ1n) is 14.1. The maximum atomic E-state index is 13.7. The minimum Gasteiger partial charge on any atom is -0.504 e. The number of aromatic hydroxyl groups is 1. The number of thiophene rings is 1. The van der Waals surface area contributed by atoms with Gasteiger partial charge in [-0.2, -0.15) is 0 Å². The van der Waals surface area contributed by atoms with Crippen molar-refractivity contribution < 1.29 is 19.7 Å². The van der Waals surface area contributed by atoms with Gasteiger partial charge in [0.05, 0.1) is 23.5 Å². The second-order valence-electron chi connectivity index (χ2n) is 12.3. The highest BCUT2D eigenvalue weighted by Crippen LogP contribution is 2.66. The number of phenols is 1. The highest BCUT2D eigenvalue weighted by Gasteiger charge is 2.73. The lowest BCUT2D eigenvalue weighted by molar-refractivity contribution is -0.200. The summed E-state index contributed by atoms with van der Waals surface area (Å²) in [5.74, 6) is 1.51. The molecule has 38 heavy (non-hydrogen) atoms. The van der Waals surface area contributed by atoms with Crippen molar-refractivity contribution >= 4 is 27.3 Å². The molecule has 3 aliphatic carbocycles. The van der Waals surface area contributed by atoms with Crippen LogP contribution in [-0.2, 0) is 23.1 Å². The van der Waals surface area contributed by atoms with E-state index in [9.17, 15) is 15.0 Å². The van der Waals surface area contributed by atoms with Crippen LogP contribution in [0, 0.1) is 5.92 Å². The van der Waals surface area contributed by atoms with Crippen molar-refractivity contribution in [3.8, 4) is 11.5 Å². The van der Waals surface area contributed by atoms with Gasteiger partial charge in [-0.3, -0.25) is 9.69 Å². The SMILES string of the molecule is CN(C(=O)Cc1csc2ccccc12)[C@H]1CC[C@@]2(O)[C@@H]3Cc4ccc(O)c5c4[C@@]2(CCN3CC2CC2)[C@H]1O5. The maximum Gasteiger partial charge on any atom is 0.227 e. The number of hydrogen-bond acceptors (Lipinski definition) is 6. The van der Waals surface area contributed by atoms with Crippen LogP contribution in [0.4, 0.5) is 0 Å². The highest BCUT2D eigenvalue weighted by molar-refractivity contribution is 7.17. The Balaban J connectivity index is 1.16. The zero-order valence-electron chi connectivity index (χ0n) is 21.7. The molecule has 0 radical (unpaired) electrons. The van der Waals surface area contributed by atoms with Crippen LogP contribution in [0.3, 0.4) is 0 Å². The third-order valence-electron chi connectivity index (χ3n) is 10.5. The monoisotopic (exact) mass is 530 g/mol. The number of likely N-dealkylation sites (N-methyl/N-ethyl adjacent to an activating group) is 1. The molecule has 3 fully saturated rings. The van der Waals surface area contributed by atoms with Gasteiger partial charge >= 0.3 is 0 Å². The third-order valence-corrected chi connectivity index (χ3v) is 11.5. The van der Waals surface area contributed by atoms with Crippen molar-refractivity contribution in [2.75, 3.05) is 20.1 Å². The van der Waals surface area contributed by atoms with Gasteiger partial charge < -0.3 is 19.8 Å². The number of carbonyl (C=O) groups excluding carboxylic acids is 1. The maximum absolute atomic E-state index is 13.7. The van der Waals surface area contributed by atoms with E-state index in [2.05, 4.69) is 22.4 Å². The number of likely N-dealkylation sites (tertiary alicyclic amines) is 1. The number of amides is 1. The molecule has 7 heteroatoms. The zero-order chi connectivity index (χ0) is 25.8. The van der Waals surface area contributed by atoms with E-state index >= 15 is 0 Å². The Hall–Kier alpha value is -2.61. The van der Waals surface area contributed by atoms with Crippen LogP contribution < -0.4 is 4.74 Å². The second kappa shape index (κ2) is 7.96. The fourth-order valence-corrected chi connectivity index (χ4v) is 9.46. The van der Waals surface area contributed by atoms with Crippen LogP contribution in [0.15, 0.2) is 41.8 Å². The van der Waals surface area contributed by atoms with E-state index < -0.39 is 11.0 Å². The molecule has 5 atom stereocenters. The van der Waals surface area contributed by atoms with Gasteiger partial charge in [0.2, 0.25) is 5.91 Å². The summed E-state index contributed by atoms with van der Waals surface area (Å²) in [7, 11) is 1.90. The van der Waals surface area contributed by atoms with Crippen LogP contribution in [-0.4, -0.2) is 69.8 Å². The van der Waals surface area contributed by atoms with Crippen LogP contribution in [0.5, 0.6) is 11.5 Å². The first-order chi connectivity index (χ1) is 18.4. The van der Waals surface area contributed by atoms with Gasteiger partial charge in [-0.1, -0.05) is 24.3 Å². The van der Waals surface area contributed by atoms with Crippen molar-refractivity contribution in [3.05, 3.63) is 58.5 Å². The molecular formula is C31H34N2O4S. The molecule has 1 amide bonds. The number of hydrogen-bond donors (Lipinski definition) is 2. The van der Waals surface area contributed by atoms with Crippen molar-refractivity contribution in [1.82, 2.24) is 9.80 Å². The first kappa shape index (κ1) is 23.3. The van der Waals surface area contributed by atoms with Crippen LogP contribution >= 0.6 is 11.3 Å². The standard InChI is InChI=1S/C31H34N2O4S/c1-32(26(35)15-20-17-38-24-5-3-2-4-21(20)24)22-10-11-31(36)25-14-19-8-9-23(34)28-27(19)30(31,29(22)37-28)12-13-33(25)16-18-6-7-18/h2-5,8-9,17-18,22,25,29,34,36H,6-7,10-16H2,1H3/t22-,25-,29-,30-,31+/m0/s1. The normalized spacial score (nSPS) is 33.2. The third kappa shape index (κ3) is 2.98. The van der Waals surface area contributed by atoms with Crippen molar-refractivity contribution in [3.63, 3.8) is 0 Å². The molecule has 0 unspecified atom stereocenters. The zero-order valence-corrected chi connectivity index (χ0v) is 22.5. The van der Waals surface area contributed by atoms with Gasteiger partial charge in [0.25, 0.3) is 0 Å². The summed E-state index contributed by atoms with van der Waals surface area (Å²) in [5, 5.41) is 26.8. The Labute approximate surface area is 226 Å². The van der Waals surface area contributed by atoms with Crippen molar-refractivity contribution in [1.29, 1.82) is 0 Å². The van der Waals surface area contributed by atoms with Gasteiger partial charge in [-0.15, -0.1) is 11.3 Å². The van der Waals surface area contributed by atoms with E-state index in [4.69, 9.17) is 4.74 Å². The summed E-state index contributed by atoms with van der Waals surface area (Å²) in [6.07, 6.45) is 5.46. The number of nitrogens with zero attached hydrogens (tertiary/aromatic N) is 2.